The number of nitrogens with zero attached hydrogens (tertiary/aromatic N) is 2. The third-order valence-corrected chi connectivity index (χ3v) is 5.61. The quantitative estimate of drug-likeness (QED) is 0.911. The average Bonchev–Trinajstić information content (AvgIpc) is 2.48. The molecule has 0 bridgehead atoms. The molecule has 0 saturated carbocycles. The highest BCUT2D eigenvalue weighted by Crippen LogP contribution is 2.26. The second-order valence-electron chi connectivity index (χ2n) is 5.20. The molecule has 0 spiro atoms. The first-order valence-corrected chi connectivity index (χ1v) is 8.33. The van der Waals surface area contributed by atoms with Crippen molar-refractivity contribution >= 4 is 10.0 Å². The molecule has 0 aromatic heterocycles. The minimum Gasteiger partial charge on any atom is -0.330 e. The fourth-order valence-electron chi connectivity index (χ4n) is 2.62. The van der Waals surface area contributed by atoms with Crippen LogP contribution in [0.3, 0.4) is 0 Å². The zero-order chi connectivity index (χ0) is 15.5. The highest BCUT2D eigenvalue weighted by molar-refractivity contribution is 7.89. The second kappa shape index (κ2) is 6.52. The summed E-state index contributed by atoms with van der Waals surface area (Å²) in [6.07, 6.45) is 2.55. The van der Waals surface area contributed by atoms with E-state index in [4.69, 9.17) is 11.0 Å². The highest BCUT2D eigenvalue weighted by Gasteiger charge is 2.30. The van der Waals surface area contributed by atoms with Crippen molar-refractivity contribution < 1.29 is 12.8 Å². The van der Waals surface area contributed by atoms with Crippen LogP contribution in [0.15, 0.2) is 23.1 Å². The lowest BCUT2D eigenvalue weighted by atomic mass is 9.96. The van der Waals surface area contributed by atoms with Crippen molar-refractivity contribution in [1.29, 1.82) is 5.26 Å². The van der Waals surface area contributed by atoms with Gasteiger partial charge in [0.15, 0.2) is 0 Å². The zero-order valence-corrected chi connectivity index (χ0v) is 12.4. The van der Waals surface area contributed by atoms with Crippen LogP contribution < -0.4 is 5.73 Å². The maximum atomic E-state index is 13.3. The van der Waals surface area contributed by atoms with E-state index in [1.807, 2.05) is 0 Å². The van der Waals surface area contributed by atoms with Gasteiger partial charge in [0.05, 0.1) is 10.5 Å². The van der Waals surface area contributed by atoms with E-state index in [0.29, 0.717) is 19.6 Å². The Morgan fingerprint density at radius 1 is 1.48 bits per heavy atom. The molecule has 1 aliphatic rings. The molecule has 1 atom stereocenters. The van der Waals surface area contributed by atoms with Gasteiger partial charge >= 0.3 is 0 Å². The molecule has 1 fully saturated rings. The highest BCUT2D eigenvalue weighted by atomic mass is 32.2. The summed E-state index contributed by atoms with van der Waals surface area (Å²) >= 11 is 0. The molecule has 0 radical (unpaired) electrons. The number of benzene rings is 1. The average molecular weight is 311 g/mol. The van der Waals surface area contributed by atoms with E-state index in [1.54, 1.807) is 6.07 Å². The van der Waals surface area contributed by atoms with Crippen LogP contribution in [-0.2, 0) is 10.0 Å². The number of rotatable bonds is 4. The molecule has 0 amide bonds. The molecule has 114 valence electrons. The van der Waals surface area contributed by atoms with Gasteiger partial charge in [-0.05, 0) is 49.9 Å². The summed E-state index contributed by atoms with van der Waals surface area (Å²) in [7, 11) is -3.69. The van der Waals surface area contributed by atoms with Gasteiger partial charge in [0, 0.05) is 13.1 Å². The summed E-state index contributed by atoms with van der Waals surface area (Å²) in [5.41, 5.74) is 5.28. The van der Waals surface area contributed by atoms with Gasteiger partial charge in [-0.1, -0.05) is 0 Å². The normalized spacial score (nSPS) is 20.1. The van der Waals surface area contributed by atoms with Crippen LogP contribution in [0.1, 0.15) is 24.8 Å². The molecule has 1 saturated heterocycles. The molecule has 5 nitrogen and oxygen atoms in total. The van der Waals surface area contributed by atoms with Gasteiger partial charge in [0.2, 0.25) is 10.0 Å². The van der Waals surface area contributed by atoms with E-state index < -0.39 is 15.8 Å². The molecule has 7 heteroatoms. The number of sulfonamides is 1. The van der Waals surface area contributed by atoms with Crippen molar-refractivity contribution in [3.8, 4) is 6.07 Å². The fourth-order valence-corrected chi connectivity index (χ4v) is 4.20. The van der Waals surface area contributed by atoms with E-state index in [1.165, 1.54) is 10.4 Å². The van der Waals surface area contributed by atoms with Crippen LogP contribution in [0.4, 0.5) is 4.39 Å². The number of halogens is 1. The molecule has 1 heterocycles. The smallest absolute Gasteiger partial charge is 0.243 e. The van der Waals surface area contributed by atoms with Crippen LogP contribution in [0.25, 0.3) is 0 Å². The molecule has 2 N–H and O–H groups in total. The Balaban J connectivity index is 2.27. The van der Waals surface area contributed by atoms with Crippen molar-refractivity contribution in [2.75, 3.05) is 19.6 Å². The van der Waals surface area contributed by atoms with E-state index in [9.17, 15) is 12.8 Å². The van der Waals surface area contributed by atoms with Crippen LogP contribution in [0, 0.1) is 23.1 Å². The molecule has 1 aromatic carbocycles. The predicted octanol–water partition coefficient (Wildman–Crippen LogP) is 1.45. The topological polar surface area (TPSA) is 87.2 Å². The van der Waals surface area contributed by atoms with Crippen LogP contribution in [0.2, 0.25) is 0 Å². The summed E-state index contributed by atoms with van der Waals surface area (Å²) < 4.78 is 39.9. The Morgan fingerprint density at radius 2 is 2.24 bits per heavy atom. The van der Waals surface area contributed by atoms with E-state index in [0.717, 1.165) is 31.4 Å². The molecular formula is C14H18FN3O2S. The number of nitrogens with two attached hydrogens (primary N) is 1. The van der Waals surface area contributed by atoms with Gasteiger partial charge in [-0.25, -0.2) is 12.8 Å². The Hall–Kier alpha value is -1.49. The molecule has 1 aliphatic heterocycles. The lowest BCUT2D eigenvalue weighted by molar-refractivity contribution is 0.258. The Morgan fingerprint density at radius 3 is 2.90 bits per heavy atom. The number of hydrogen-bond donors (Lipinski definition) is 1. The SMILES string of the molecule is N#Cc1cc(S(=O)(=O)N2CCCC(CCN)C2)ccc1F. The Kier molecular flexibility index (Phi) is 4.93. The molecule has 21 heavy (non-hydrogen) atoms. The standard InChI is InChI=1S/C14H18FN3O2S/c15-14-4-3-13(8-12(14)9-17)21(19,20)18-7-1-2-11(10-18)5-6-16/h3-4,8,11H,1-2,5-7,10,16H2. The molecule has 0 aliphatic carbocycles. The minimum absolute atomic E-state index is 0.0335. The van der Waals surface area contributed by atoms with Crippen molar-refractivity contribution in [3.05, 3.63) is 29.6 Å². The second-order valence-corrected chi connectivity index (χ2v) is 7.14. The Labute approximate surface area is 124 Å². The van der Waals surface area contributed by atoms with Gasteiger partial charge < -0.3 is 5.73 Å². The van der Waals surface area contributed by atoms with Gasteiger partial charge in [-0.3, -0.25) is 0 Å². The van der Waals surface area contributed by atoms with Gasteiger partial charge in [0.25, 0.3) is 0 Å². The minimum atomic E-state index is -3.69. The van der Waals surface area contributed by atoms with Crippen molar-refractivity contribution in [2.24, 2.45) is 11.7 Å². The lowest BCUT2D eigenvalue weighted by Crippen LogP contribution is -2.40. The zero-order valence-electron chi connectivity index (χ0n) is 11.6. The molecule has 1 aromatic rings. The first-order chi connectivity index (χ1) is 9.98. The summed E-state index contributed by atoms with van der Waals surface area (Å²) in [5, 5.41) is 8.82. The van der Waals surface area contributed by atoms with Gasteiger partial charge in [-0.2, -0.15) is 9.57 Å². The number of piperidine rings is 1. The Bertz CT molecular complexity index is 653. The maximum absolute atomic E-state index is 13.3. The van der Waals surface area contributed by atoms with Gasteiger partial charge in [0.1, 0.15) is 11.9 Å². The molecular weight excluding hydrogens is 293 g/mol. The largest absolute Gasteiger partial charge is 0.330 e. The molecule has 2 rings (SSSR count). The third-order valence-electron chi connectivity index (χ3n) is 3.75. The number of hydrogen-bond acceptors (Lipinski definition) is 4. The number of nitriles is 1. The summed E-state index contributed by atoms with van der Waals surface area (Å²) in [6.45, 7) is 1.41. The lowest BCUT2D eigenvalue weighted by Gasteiger charge is -2.31. The van der Waals surface area contributed by atoms with Crippen LogP contribution >= 0.6 is 0 Å². The van der Waals surface area contributed by atoms with E-state index >= 15 is 0 Å². The predicted molar refractivity (Wildman–Crippen MR) is 76.3 cm³/mol. The molecule has 1 unspecified atom stereocenters. The van der Waals surface area contributed by atoms with Crippen LogP contribution in [-0.4, -0.2) is 32.4 Å². The monoisotopic (exact) mass is 311 g/mol. The first kappa shape index (κ1) is 15.9. The van der Waals surface area contributed by atoms with Crippen LogP contribution in [0.5, 0.6) is 0 Å². The van der Waals surface area contributed by atoms with Crippen molar-refractivity contribution in [3.63, 3.8) is 0 Å². The van der Waals surface area contributed by atoms with E-state index in [-0.39, 0.29) is 16.4 Å². The summed E-state index contributed by atoms with van der Waals surface area (Å²) in [4.78, 5) is -0.0335. The fraction of sp³-hybridized carbons (Fsp3) is 0.500. The third kappa shape index (κ3) is 3.40. The maximum Gasteiger partial charge on any atom is 0.243 e. The van der Waals surface area contributed by atoms with Crippen molar-refractivity contribution in [2.45, 2.75) is 24.2 Å². The van der Waals surface area contributed by atoms with Crippen molar-refractivity contribution in [1.82, 2.24) is 4.31 Å². The van der Waals surface area contributed by atoms with E-state index in [2.05, 4.69) is 0 Å². The van der Waals surface area contributed by atoms with Gasteiger partial charge in [-0.15, -0.1) is 0 Å². The first-order valence-electron chi connectivity index (χ1n) is 6.89. The summed E-state index contributed by atoms with van der Waals surface area (Å²) in [5.74, 6) is -0.453. The summed E-state index contributed by atoms with van der Waals surface area (Å²) in [6, 6.07) is 4.99.